The quantitative estimate of drug-likeness (QED) is 0.421. The topological polar surface area (TPSA) is 139 Å². The van der Waals surface area contributed by atoms with Gasteiger partial charge in [-0.1, -0.05) is 12.1 Å². The van der Waals surface area contributed by atoms with E-state index in [2.05, 4.69) is 16.4 Å². The molecule has 2 fully saturated rings. The van der Waals surface area contributed by atoms with Gasteiger partial charge in [0.05, 0.1) is 23.3 Å². The van der Waals surface area contributed by atoms with Crippen LogP contribution in [-0.2, 0) is 22.1 Å². The molecule has 1 aromatic heterocycles. The number of ether oxygens (including phenoxy) is 1. The molecule has 42 heavy (non-hydrogen) atoms. The lowest BCUT2D eigenvalue weighted by molar-refractivity contribution is -0.137. The maximum absolute atomic E-state index is 13.4. The summed E-state index contributed by atoms with van der Waals surface area (Å²) in [7, 11) is 0. The van der Waals surface area contributed by atoms with Gasteiger partial charge in [-0.15, -0.1) is 0 Å². The van der Waals surface area contributed by atoms with Crippen LogP contribution in [0, 0.1) is 28.6 Å². The number of piperidine rings is 1. The molecule has 1 saturated carbocycles. The Morgan fingerprint density at radius 3 is 2.50 bits per heavy atom. The molecule has 2 N–H and O–H groups in total. The van der Waals surface area contributed by atoms with Crippen molar-refractivity contribution < 1.29 is 27.5 Å². The second-order valence-corrected chi connectivity index (χ2v) is 11.8. The molecule has 1 aliphatic carbocycles. The Labute approximate surface area is 238 Å². The average molecular weight is 580 g/mol. The summed E-state index contributed by atoms with van der Waals surface area (Å²) in [4.78, 5) is 43.1. The summed E-state index contributed by atoms with van der Waals surface area (Å²) in [6.45, 7) is 5.25. The van der Waals surface area contributed by atoms with Crippen molar-refractivity contribution in [3.63, 3.8) is 0 Å². The highest BCUT2D eigenvalue weighted by Crippen LogP contribution is 2.43. The Hall–Kier alpha value is -4.58. The Bertz CT molecular complexity index is 1750. The van der Waals surface area contributed by atoms with Gasteiger partial charge in [0.2, 0.25) is 5.91 Å². The molecule has 0 radical (unpaired) electrons. The van der Waals surface area contributed by atoms with Gasteiger partial charge in [0.25, 0.3) is 5.56 Å². The van der Waals surface area contributed by atoms with Crippen LogP contribution in [0.4, 0.5) is 18.0 Å². The zero-order chi connectivity index (χ0) is 30.6. The molecule has 9 nitrogen and oxygen atoms in total. The van der Waals surface area contributed by atoms with Gasteiger partial charge in [-0.3, -0.25) is 14.5 Å². The van der Waals surface area contributed by atoms with E-state index in [1.807, 2.05) is 0 Å². The van der Waals surface area contributed by atoms with Crippen LogP contribution < -0.4 is 10.9 Å². The summed E-state index contributed by atoms with van der Waals surface area (Å²) in [6.07, 6.45) is -3.03. The van der Waals surface area contributed by atoms with E-state index in [0.29, 0.717) is 17.4 Å². The Balaban J connectivity index is 1.40. The van der Waals surface area contributed by atoms with E-state index >= 15 is 0 Å². The number of amides is 2. The lowest BCUT2D eigenvalue weighted by atomic mass is 9.96. The van der Waals surface area contributed by atoms with Crippen LogP contribution in [0.25, 0.3) is 21.7 Å². The maximum Gasteiger partial charge on any atom is 0.417 e. The minimum Gasteiger partial charge on any atom is -0.444 e. The Morgan fingerprint density at radius 2 is 1.86 bits per heavy atom. The lowest BCUT2D eigenvalue weighted by Gasteiger charge is -2.35. The van der Waals surface area contributed by atoms with E-state index in [-0.39, 0.29) is 34.7 Å². The molecule has 218 valence electrons. The molecule has 1 saturated heterocycles. The molecule has 2 bridgehead atoms. The van der Waals surface area contributed by atoms with Gasteiger partial charge in [-0.2, -0.15) is 23.7 Å². The molecule has 2 aromatic carbocycles. The summed E-state index contributed by atoms with van der Waals surface area (Å²) in [5.74, 6) is -0.487. The minimum atomic E-state index is -4.77. The highest BCUT2D eigenvalue weighted by atomic mass is 19.4. The van der Waals surface area contributed by atoms with Crippen LogP contribution >= 0.6 is 0 Å². The van der Waals surface area contributed by atoms with Crippen LogP contribution in [-0.4, -0.2) is 45.6 Å². The van der Waals surface area contributed by atoms with Crippen molar-refractivity contribution >= 4 is 33.7 Å². The Morgan fingerprint density at radius 1 is 1.12 bits per heavy atom. The lowest BCUT2D eigenvalue weighted by Crippen LogP contribution is -2.55. The van der Waals surface area contributed by atoms with E-state index < -0.39 is 52.5 Å². The summed E-state index contributed by atoms with van der Waals surface area (Å²) in [5.41, 5.74) is -2.61. The van der Waals surface area contributed by atoms with Gasteiger partial charge in [0, 0.05) is 28.8 Å². The van der Waals surface area contributed by atoms with E-state index in [1.54, 1.807) is 39.0 Å². The van der Waals surface area contributed by atoms with Gasteiger partial charge >= 0.3 is 12.3 Å². The van der Waals surface area contributed by atoms with E-state index in [9.17, 15) is 38.1 Å². The minimum absolute atomic E-state index is 0.0365. The normalized spacial score (nSPS) is 20.8. The fraction of sp³-hybridized carbons (Fsp3) is 0.433. The number of pyridine rings is 1. The van der Waals surface area contributed by atoms with Crippen LogP contribution in [0.3, 0.4) is 0 Å². The van der Waals surface area contributed by atoms with Crippen molar-refractivity contribution in [1.29, 1.82) is 10.5 Å². The number of H-pyrrole nitrogens is 1. The maximum atomic E-state index is 13.4. The number of nitrogens with one attached hydrogen (secondary N) is 2. The molecule has 3 aromatic rings. The smallest absolute Gasteiger partial charge is 0.417 e. The third-order valence-electron chi connectivity index (χ3n) is 7.82. The number of alkyl halides is 3. The van der Waals surface area contributed by atoms with Crippen LogP contribution in [0.1, 0.15) is 56.7 Å². The standard InChI is InChI=1S/C30H28F3N5O4/c1-29(2,3)42-28(41)38-19-6-5-16(10-19)25(38)27(40)36-18(14-35)8-15-4-7-20-21-11-17(13-34)23(30(31,32)33)12-24(21)37-26(39)22(20)9-15/h4,7,9,11-12,16,18-19,25H,5-6,8,10H2,1-3H3,(H,36,40)(H,37,39)/t16-,18?,19+,25-/m0/s1. The van der Waals surface area contributed by atoms with Gasteiger partial charge in [-0.25, -0.2) is 4.79 Å². The third-order valence-corrected chi connectivity index (χ3v) is 7.82. The van der Waals surface area contributed by atoms with Gasteiger partial charge in [0.15, 0.2) is 0 Å². The number of likely N-dealkylation sites (tertiary alicyclic amines) is 1. The summed E-state index contributed by atoms with van der Waals surface area (Å²) >= 11 is 0. The molecule has 5 rings (SSSR count). The first kappa shape index (κ1) is 28.9. The van der Waals surface area contributed by atoms with Gasteiger partial charge in [0.1, 0.15) is 17.7 Å². The average Bonchev–Trinajstić information content (AvgIpc) is 3.53. The largest absolute Gasteiger partial charge is 0.444 e. The van der Waals surface area contributed by atoms with Crippen molar-refractivity contribution in [2.45, 2.75) is 76.4 Å². The summed E-state index contributed by atoms with van der Waals surface area (Å²) in [6, 6.07) is 8.33. The monoisotopic (exact) mass is 579 g/mol. The zero-order valence-corrected chi connectivity index (χ0v) is 23.1. The van der Waals surface area contributed by atoms with Gasteiger partial charge in [-0.05, 0) is 75.1 Å². The number of halogens is 3. The number of hydrogen-bond donors (Lipinski definition) is 2. The van der Waals surface area contributed by atoms with E-state index in [0.717, 1.165) is 25.0 Å². The molecule has 2 amide bonds. The van der Waals surface area contributed by atoms with Crippen molar-refractivity contribution in [3.05, 3.63) is 57.4 Å². The van der Waals surface area contributed by atoms with Crippen molar-refractivity contribution in [3.8, 4) is 12.1 Å². The molecule has 12 heteroatoms. The number of aromatic nitrogens is 1. The number of carbonyl (C=O) groups is 2. The van der Waals surface area contributed by atoms with Crippen molar-refractivity contribution in [2.24, 2.45) is 5.92 Å². The first-order valence-corrected chi connectivity index (χ1v) is 13.5. The van der Waals surface area contributed by atoms with E-state index in [4.69, 9.17) is 4.74 Å². The van der Waals surface area contributed by atoms with E-state index in [1.165, 1.54) is 11.0 Å². The predicted molar refractivity (Wildman–Crippen MR) is 146 cm³/mol. The number of nitrogens with zero attached hydrogens (tertiary/aromatic N) is 3. The number of benzene rings is 2. The molecule has 4 atom stereocenters. The number of nitriles is 2. The number of rotatable bonds is 4. The van der Waals surface area contributed by atoms with Crippen LogP contribution in [0.2, 0.25) is 0 Å². The third kappa shape index (κ3) is 5.37. The van der Waals surface area contributed by atoms with Crippen LogP contribution in [0.5, 0.6) is 0 Å². The van der Waals surface area contributed by atoms with Gasteiger partial charge < -0.3 is 15.0 Å². The molecular formula is C30H28F3N5O4. The zero-order valence-electron chi connectivity index (χ0n) is 23.1. The molecule has 1 unspecified atom stereocenters. The van der Waals surface area contributed by atoms with Crippen molar-refractivity contribution in [2.75, 3.05) is 0 Å². The number of hydrogen-bond acceptors (Lipinski definition) is 6. The first-order valence-electron chi connectivity index (χ1n) is 13.5. The fourth-order valence-electron chi connectivity index (χ4n) is 6.11. The SMILES string of the molecule is CC(C)(C)OC(=O)N1[C@@H]2CC[C@@H](C2)[C@H]1C(=O)NC(C#N)Cc1ccc2c(c1)c(=O)[nH]c1cc(C(F)(F)F)c(C#N)cc12. The molecule has 1 aliphatic heterocycles. The number of fused-ring (bicyclic) bond motifs is 5. The molecular weight excluding hydrogens is 551 g/mol. The molecule has 2 heterocycles. The number of carbonyl (C=O) groups excluding carboxylic acids is 2. The second-order valence-electron chi connectivity index (χ2n) is 11.8. The fourth-order valence-corrected chi connectivity index (χ4v) is 6.11. The number of aromatic amines is 1. The van der Waals surface area contributed by atoms with Crippen LogP contribution in [0.15, 0.2) is 35.1 Å². The molecule has 0 spiro atoms. The van der Waals surface area contributed by atoms with Crippen molar-refractivity contribution in [1.82, 2.24) is 15.2 Å². The summed E-state index contributed by atoms with van der Waals surface area (Å²) in [5, 5.41) is 22.7. The first-order chi connectivity index (χ1) is 19.7. The Kier molecular flexibility index (Phi) is 7.13. The second kappa shape index (κ2) is 10.4. The molecule has 2 aliphatic rings. The summed E-state index contributed by atoms with van der Waals surface area (Å²) < 4.78 is 45.8. The highest BCUT2D eigenvalue weighted by Gasteiger charge is 2.52. The predicted octanol–water partition coefficient (Wildman–Crippen LogP) is 4.91. The highest BCUT2D eigenvalue weighted by molar-refractivity contribution is 6.06.